The SMILES string of the molecule is C[C@@H](OC(=O)/C=C/c1ccc2c(c1)OCO2)C(=O)N[C@H]1CCCc2ccccc21. The third kappa shape index (κ3) is 4.42. The topological polar surface area (TPSA) is 73.9 Å². The van der Waals surface area contributed by atoms with Gasteiger partial charge in [0.1, 0.15) is 0 Å². The maximum atomic E-state index is 12.5. The van der Waals surface area contributed by atoms with Crippen LogP contribution in [0.2, 0.25) is 0 Å². The van der Waals surface area contributed by atoms with Crippen LogP contribution in [-0.4, -0.2) is 24.8 Å². The molecule has 0 radical (unpaired) electrons. The molecule has 1 N–H and O–H groups in total. The molecule has 1 heterocycles. The van der Waals surface area contributed by atoms with Gasteiger partial charge in [-0.15, -0.1) is 0 Å². The predicted molar refractivity (Wildman–Crippen MR) is 107 cm³/mol. The van der Waals surface area contributed by atoms with Crippen LogP contribution in [0.4, 0.5) is 0 Å². The molecule has 0 unspecified atom stereocenters. The zero-order chi connectivity index (χ0) is 20.2. The average Bonchev–Trinajstić information content (AvgIpc) is 3.20. The number of benzene rings is 2. The largest absolute Gasteiger partial charge is 0.454 e. The Morgan fingerprint density at radius 2 is 2.00 bits per heavy atom. The van der Waals surface area contributed by atoms with Gasteiger partial charge in [-0.1, -0.05) is 30.3 Å². The van der Waals surface area contributed by atoms with Crippen molar-refractivity contribution in [2.45, 2.75) is 38.3 Å². The van der Waals surface area contributed by atoms with E-state index in [0.717, 1.165) is 30.4 Å². The minimum atomic E-state index is -0.877. The van der Waals surface area contributed by atoms with Crippen molar-refractivity contribution in [1.82, 2.24) is 5.32 Å². The molecule has 0 saturated carbocycles. The molecule has 1 amide bonds. The monoisotopic (exact) mass is 393 g/mol. The van der Waals surface area contributed by atoms with E-state index in [2.05, 4.69) is 11.4 Å². The highest BCUT2D eigenvalue weighted by atomic mass is 16.7. The van der Waals surface area contributed by atoms with E-state index in [1.807, 2.05) is 24.3 Å². The summed E-state index contributed by atoms with van der Waals surface area (Å²) >= 11 is 0. The van der Waals surface area contributed by atoms with Gasteiger partial charge in [-0.3, -0.25) is 4.79 Å². The van der Waals surface area contributed by atoms with E-state index in [1.54, 1.807) is 25.1 Å². The molecule has 0 aromatic heterocycles. The van der Waals surface area contributed by atoms with Crippen molar-refractivity contribution >= 4 is 18.0 Å². The van der Waals surface area contributed by atoms with Crippen molar-refractivity contribution in [3.05, 3.63) is 65.2 Å². The predicted octanol–water partition coefficient (Wildman–Crippen LogP) is 3.55. The minimum absolute atomic E-state index is 0.0437. The van der Waals surface area contributed by atoms with Crippen LogP contribution < -0.4 is 14.8 Å². The Labute approximate surface area is 169 Å². The molecule has 2 aromatic carbocycles. The van der Waals surface area contributed by atoms with Crippen LogP contribution in [0.15, 0.2) is 48.5 Å². The number of rotatable bonds is 5. The van der Waals surface area contributed by atoms with Crippen LogP contribution in [0.25, 0.3) is 6.08 Å². The van der Waals surface area contributed by atoms with Crippen molar-refractivity contribution in [1.29, 1.82) is 0 Å². The van der Waals surface area contributed by atoms with Crippen molar-refractivity contribution in [2.75, 3.05) is 6.79 Å². The number of ether oxygens (including phenoxy) is 3. The van der Waals surface area contributed by atoms with Gasteiger partial charge in [-0.2, -0.15) is 0 Å². The second-order valence-corrected chi connectivity index (χ2v) is 7.18. The zero-order valence-electron chi connectivity index (χ0n) is 16.2. The average molecular weight is 393 g/mol. The second kappa shape index (κ2) is 8.39. The molecule has 150 valence electrons. The Morgan fingerprint density at radius 3 is 2.90 bits per heavy atom. The number of amides is 1. The van der Waals surface area contributed by atoms with Crippen LogP contribution in [0.5, 0.6) is 11.5 Å². The van der Waals surface area contributed by atoms with Gasteiger partial charge in [0.2, 0.25) is 6.79 Å². The molecular formula is C23H23NO5. The van der Waals surface area contributed by atoms with Gasteiger partial charge in [0, 0.05) is 6.08 Å². The molecule has 0 bridgehead atoms. The van der Waals surface area contributed by atoms with Crippen molar-refractivity contribution in [3.63, 3.8) is 0 Å². The fourth-order valence-electron chi connectivity index (χ4n) is 3.64. The summed E-state index contributed by atoms with van der Waals surface area (Å²) in [7, 11) is 0. The van der Waals surface area contributed by atoms with Crippen LogP contribution >= 0.6 is 0 Å². The van der Waals surface area contributed by atoms with Crippen LogP contribution in [0.3, 0.4) is 0 Å². The summed E-state index contributed by atoms with van der Waals surface area (Å²) in [6.45, 7) is 1.78. The Bertz CT molecular complexity index is 952. The van der Waals surface area contributed by atoms with E-state index in [0.29, 0.717) is 11.5 Å². The van der Waals surface area contributed by atoms with Crippen LogP contribution in [0, 0.1) is 0 Å². The number of nitrogens with one attached hydrogen (secondary N) is 1. The van der Waals surface area contributed by atoms with Gasteiger partial charge >= 0.3 is 5.97 Å². The maximum Gasteiger partial charge on any atom is 0.331 e. The molecule has 6 nitrogen and oxygen atoms in total. The van der Waals surface area contributed by atoms with Crippen molar-refractivity contribution in [2.24, 2.45) is 0 Å². The highest BCUT2D eigenvalue weighted by molar-refractivity contribution is 5.90. The van der Waals surface area contributed by atoms with Crippen LogP contribution in [-0.2, 0) is 20.7 Å². The van der Waals surface area contributed by atoms with Crippen molar-refractivity contribution < 1.29 is 23.8 Å². The number of carbonyl (C=O) groups excluding carboxylic acids is 2. The summed E-state index contributed by atoms with van der Waals surface area (Å²) in [6, 6.07) is 13.5. The van der Waals surface area contributed by atoms with E-state index < -0.39 is 12.1 Å². The fourth-order valence-corrected chi connectivity index (χ4v) is 3.64. The molecule has 2 aromatic rings. The molecule has 4 rings (SSSR count). The first kappa shape index (κ1) is 19.1. The summed E-state index contributed by atoms with van der Waals surface area (Å²) in [4.78, 5) is 24.6. The van der Waals surface area contributed by atoms with Gasteiger partial charge in [-0.05, 0) is 61.1 Å². The first-order valence-electron chi connectivity index (χ1n) is 9.76. The molecule has 2 aliphatic rings. The minimum Gasteiger partial charge on any atom is -0.454 e. The molecule has 0 spiro atoms. The third-order valence-electron chi connectivity index (χ3n) is 5.16. The molecule has 1 aliphatic heterocycles. The number of fused-ring (bicyclic) bond motifs is 2. The number of aryl methyl sites for hydroxylation is 1. The molecule has 0 fully saturated rings. The summed E-state index contributed by atoms with van der Waals surface area (Å²) in [6.07, 6.45) is 4.97. The molecular weight excluding hydrogens is 370 g/mol. The third-order valence-corrected chi connectivity index (χ3v) is 5.16. The van der Waals surface area contributed by atoms with Gasteiger partial charge in [0.25, 0.3) is 5.91 Å². The molecule has 1 aliphatic carbocycles. The summed E-state index contributed by atoms with van der Waals surface area (Å²) in [5, 5.41) is 3.01. The Morgan fingerprint density at radius 1 is 1.17 bits per heavy atom. The molecule has 2 atom stereocenters. The maximum absolute atomic E-state index is 12.5. The Hall–Kier alpha value is -3.28. The van der Waals surface area contributed by atoms with E-state index in [9.17, 15) is 9.59 Å². The lowest BCUT2D eigenvalue weighted by Gasteiger charge is -2.27. The zero-order valence-corrected chi connectivity index (χ0v) is 16.2. The van der Waals surface area contributed by atoms with E-state index >= 15 is 0 Å². The number of carbonyl (C=O) groups is 2. The summed E-state index contributed by atoms with van der Waals surface area (Å²) in [5.74, 6) is 0.450. The van der Waals surface area contributed by atoms with Gasteiger partial charge in [0.05, 0.1) is 6.04 Å². The highest BCUT2D eigenvalue weighted by Crippen LogP contribution is 2.33. The van der Waals surface area contributed by atoms with Gasteiger partial charge < -0.3 is 19.5 Å². The fraction of sp³-hybridized carbons (Fsp3) is 0.304. The van der Waals surface area contributed by atoms with E-state index in [4.69, 9.17) is 14.2 Å². The van der Waals surface area contributed by atoms with Gasteiger partial charge in [0.15, 0.2) is 17.6 Å². The highest BCUT2D eigenvalue weighted by Gasteiger charge is 2.25. The lowest BCUT2D eigenvalue weighted by molar-refractivity contribution is -0.150. The number of esters is 1. The molecule has 0 saturated heterocycles. The van der Waals surface area contributed by atoms with E-state index in [1.165, 1.54) is 11.6 Å². The quantitative estimate of drug-likeness (QED) is 0.621. The van der Waals surface area contributed by atoms with Gasteiger partial charge in [-0.25, -0.2) is 4.79 Å². The Kier molecular flexibility index (Phi) is 5.51. The molecule has 29 heavy (non-hydrogen) atoms. The summed E-state index contributed by atoms with van der Waals surface area (Å²) in [5.41, 5.74) is 3.19. The lowest BCUT2D eigenvalue weighted by atomic mass is 9.87. The standard InChI is InChI=1S/C23H23NO5/c1-15(23(26)24-19-8-4-6-17-5-2-3-7-18(17)19)29-22(25)12-10-16-9-11-20-21(13-16)28-14-27-20/h2-3,5,7,9-13,15,19H,4,6,8,14H2,1H3,(H,24,26)/b12-10+/t15-,19+/m1/s1. The number of hydrogen-bond donors (Lipinski definition) is 1. The number of hydrogen-bond acceptors (Lipinski definition) is 5. The first-order valence-corrected chi connectivity index (χ1v) is 9.76. The lowest BCUT2D eigenvalue weighted by Crippen LogP contribution is -2.39. The first-order chi connectivity index (χ1) is 14.1. The second-order valence-electron chi connectivity index (χ2n) is 7.18. The van der Waals surface area contributed by atoms with Crippen LogP contribution in [0.1, 0.15) is 42.5 Å². The van der Waals surface area contributed by atoms with E-state index in [-0.39, 0.29) is 18.7 Å². The molecule has 6 heteroatoms. The van der Waals surface area contributed by atoms with Crippen molar-refractivity contribution in [3.8, 4) is 11.5 Å². The summed E-state index contributed by atoms with van der Waals surface area (Å²) < 4.78 is 15.8. The smallest absolute Gasteiger partial charge is 0.331 e. The Balaban J connectivity index is 1.32. The normalized spacial score (nSPS) is 18.2.